The van der Waals surface area contributed by atoms with Crippen LogP contribution in [0.5, 0.6) is 0 Å². The van der Waals surface area contributed by atoms with E-state index in [4.69, 9.17) is 0 Å². The van der Waals surface area contributed by atoms with Gasteiger partial charge in [0.2, 0.25) is 5.91 Å². The minimum absolute atomic E-state index is 0.227. The summed E-state index contributed by atoms with van der Waals surface area (Å²) in [6.45, 7) is 5.45. The van der Waals surface area contributed by atoms with Crippen LogP contribution in [0, 0.1) is 0 Å². The molecule has 1 fully saturated rings. The smallest absolute Gasteiger partial charge is 0.237 e. The summed E-state index contributed by atoms with van der Waals surface area (Å²) in [7, 11) is 2.12. The van der Waals surface area contributed by atoms with Crippen LogP contribution in [0.3, 0.4) is 0 Å². The molecule has 0 unspecified atom stereocenters. The van der Waals surface area contributed by atoms with Gasteiger partial charge in [-0.2, -0.15) is 0 Å². The summed E-state index contributed by atoms with van der Waals surface area (Å²) in [4.78, 5) is 17.1. The molecule has 3 heteroatoms. The van der Waals surface area contributed by atoms with E-state index >= 15 is 0 Å². The van der Waals surface area contributed by atoms with Crippen LogP contribution in [0.25, 0.3) is 0 Å². The molecule has 0 bridgehead atoms. The van der Waals surface area contributed by atoms with Crippen LogP contribution in [-0.2, 0) is 11.3 Å². The fourth-order valence-corrected chi connectivity index (χ4v) is 3.47. The summed E-state index contributed by atoms with van der Waals surface area (Å²) in [5.74, 6) is 0.246. The maximum Gasteiger partial charge on any atom is 0.237 e. The number of rotatable bonds is 6. The molecule has 1 amide bonds. The Balaban J connectivity index is 1.94. The van der Waals surface area contributed by atoms with Crippen molar-refractivity contribution >= 4 is 5.91 Å². The van der Waals surface area contributed by atoms with Crippen LogP contribution >= 0.6 is 0 Å². The maximum absolute atomic E-state index is 12.8. The Kier molecular flexibility index (Phi) is 7.10. The third kappa shape index (κ3) is 5.65. The SMILES string of the molecule is CC(C)N(Cc1ccccc1)C(=O)CN(C)C1CCCCCC1. The molecular formula is C20H32N2O. The quantitative estimate of drug-likeness (QED) is 0.738. The molecule has 0 atom stereocenters. The van der Waals surface area contributed by atoms with Crippen molar-refractivity contribution in [2.75, 3.05) is 13.6 Å². The van der Waals surface area contributed by atoms with Crippen molar-refractivity contribution in [1.82, 2.24) is 9.80 Å². The molecule has 1 aliphatic carbocycles. The van der Waals surface area contributed by atoms with Crippen molar-refractivity contribution in [3.05, 3.63) is 35.9 Å². The molecule has 23 heavy (non-hydrogen) atoms. The van der Waals surface area contributed by atoms with E-state index in [1.165, 1.54) is 44.1 Å². The Labute approximate surface area is 141 Å². The van der Waals surface area contributed by atoms with Crippen LogP contribution in [-0.4, -0.2) is 41.4 Å². The van der Waals surface area contributed by atoms with Gasteiger partial charge in [0.25, 0.3) is 0 Å². The van der Waals surface area contributed by atoms with Crippen molar-refractivity contribution in [2.45, 2.75) is 71.0 Å². The van der Waals surface area contributed by atoms with E-state index in [0.717, 1.165) is 0 Å². The van der Waals surface area contributed by atoms with Gasteiger partial charge in [-0.15, -0.1) is 0 Å². The number of carbonyl (C=O) groups is 1. The third-order valence-electron chi connectivity index (χ3n) is 4.97. The first-order valence-corrected chi connectivity index (χ1v) is 9.11. The first-order valence-electron chi connectivity index (χ1n) is 9.11. The minimum Gasteiger partial charge on any atom is -0.335 e. The fraction of sp³-hybridized carbons (Fsp3) is 0.650. The highest BCUT2D eigenvalue weighted by Crippen LogP contribution is 2.21. The summed E-state index contributed by atoms with van der Waals surface area (Å²) in [6, 6.07) is 11.1. The van der Waals surface area contributed by atoms with Crippen molar-refractivity contribution in [3.8, 4) is 0 Å². The molecule has 0 heterocycles. The van der Waals surface area contributed by atoms with Gasteiger partial charge >= 0.3 is 0 Å². The molecule has 1 saturated carbocycles. The molecule has 1 aliphatic rings. The number of hydrogen-bond donors (Lipinski definition) is 0. The molecule has 0 saturated heterocycles. The Morgan fingerprint density at radius 1 is 1.09 bits per heavy atom. The predicted molar refractivity (Wildman–Crippen MR) is 96.2 cm³/mol. The highest BCUT2D eigenvalue weighted by atomic mass is 16.2. The van der Waals surface area contributed by atoms with Crippen LogP contribution in [0.15, 0.2) is 30.3 Å². The summed E-state index contributed by atoms with van der Waals surface area (Å²) in [5.41, 5.74) is 1.20. The predicted octanol–water partition coefficient (Wildman–Crippen LogP) is 4.08. The fourth-order valence-electron chi connectivity index (χ4n) is 3.47. The van der Waals surface area contributed by atoms with Crippen molar-refractivity contribution in [3.63, 3.8) is 0 Å². The molecule has 0 spiro atoms. The molecule has 1 aromatic rings. The standard InChI is InChI=1S/C20H32N2O/c1-17(2)22(15-18-11-7-6-8-12-18)20(23)16-21(3)19-13-9-4-5-10-14-19/h6-8,11-12,17,19H,4-5,9-10,13-16H2,1-3H3. The molecule has 0 radical (unpaired) electrons. The third-order valence-corrected chi connectivity index (χ3v) is 4.97. The second-order valence-electron chi connectivity index (χ2n) is 7.16. The number of carbonyl (C=O) groups excluding carboxylic acids is 1. The van der Waals surface area contributed by atoms with Gasteiger partial charge in [-0.25, -0.2) is 0 Å². The van der Waals surface area contributed by atoms with Crippen LogP contribution in [0.4, 0.5) is 0 Å². The second-order valence-corrected chi connectivity index (χ2v) is 7.16. The van der Waals surface area contributed by atoms with E-state index in [0.29, 0.717) is 19.1 Å². The molecule has 0 aromatic heterocycles. The van der Waals surface area contributed by atoms with Crippen molar-refractivity contribution < 1.29 is 4.79 Å². The normalized spacial score (nSPS) is 16.6. The van der Waals surface area contributed by atoms with E-state index in [1.807, 2.05) is 23.1 Å². The number of nitrogens with zero attached hydrogens (tertiary/aromatic N) is 2. The number of hydrogen-bond acceptors (Lipinski definition) is 2. The zero-order valence-electron chi connectivity index (χ0n) is 15.0. The summed E-state index contributed by atoms with van der Waals surface area (Å²) in [5, 5.41) is 0. The largest absolute Gasteiger partial charge is 0.335 e. The highest BCUT2D eigenvalue weighted by Gasteiger charge is 2.23. The Morgan fingerprint density at radius 3 is 2.26 bits per heavy atom. The molecule has 0 aliphatic heterocycles. The van der Waals surface area contributed by atoms with E-state index in [2.05, 4.69) is 37.9 Å². The lowest BCUT2D eigenvalue weighted by molar-refractivity contribution is -0.135. The van der Waals surface area contributed by atoms with Gasteiger partial charge in [-0.05, 0) is 39.3 Å². The zero-order valence-corrected chi connectivity index (χ0v) is 15.0. The van der Waals surface area contributed by atoms with Gasteiger partial charge in [0.1, 0.15) is 0 Å². The molecule has 2 rings (SSSR count). The molecule has 1 aromatic carbocycles. The Morgan fingerprint density at radius 2 is 1.70 bits per heavy atom. The molecule has 0 N–H and O–H groups in total. The van der Waals surface area contributed by atoms with Crippen LogP contribution < -0.4 is 0 Å². The van der Waals surface area contributed by atoms with Crippen LogP contribution in [0.1, 0.15) is 57.9 Å². The first-order chi connectivity index (χ1) is 11.1. The van der Waals surface area contributed by atoms with Crippen molar-refractivity contribution in [2.24, 2.45) is 0 Å². The minimum atomic E-state index is 0.227. The lowest BCUT2D eigenvalue weighted by atomic mass is 10.1. The molecule has 128 valence electrons. The molecule has 3 nitrogen and oxygen atoms in total. The average Bonchev–Trinajstić information content (AvgIpc) is 2.82. The molecular weight excluding hydrogens is 284 g/mol. The number of likely N-dealkylation sites (N-methyl/N-ethyl adjacent to an activating group) is 1. The van der Waals surface area contributed by atoms with Gasteiger partial charge in [0.15, 0.2) is 0 Å². The van der Waals surface area contributed by atoms with E-state index in [9.17, 15) is 4.79 Å². The van der Waals surface area contributed by atoms with E-state index in [-0.39, 0.29) is 11.9 Å². The van der Waals surface area contributed by atoms with Crippen molar-refractivity contribution in [1.29, 1.82) is 0 Å². The number of benzene rings is 1. The summed E-state index contributed by atoms with van der Waals surface area (Å²) < 4.78 is 0. The van der Waals surface area contributed by atoms with Gasteiger partial charge in [-0.1, -0.05) is 56.0 Å². The highest BCUT2D eigenvalue weighted by molar-refractivity contribution is 5.78. The monoisotopic (exact) mass is 316 g/mol. The topological polar surface area (TPSA) is 23.6 Å². The summed E-state index contributed by atoms with van der Waals surface area (Å²) >= 11 is 0. The lowest BCUT2D eigenvalue weighted by Crippen LogP contribution is -2.45. The Bertz CT molecular complexity index is 464. The van der Waals surface area contributed by atoms with Crippen LogP contribution in [0.2, 0.25) is 0 Å². The second kappa shape index (κ2) is 9.07. The van der Waals surface area contributed by atoms with Gasteiger partial charge in [0.05, 0.1) is 6.54 Å². The Hall–Kier alpha value is -1.35. The average molecular weight is 316 g/mol. The zero-order chi connectivity index (χ0) is 16.7. The maximum atomic E-state index is 12.8. The first kappa shape index (κ1) is 18.0. The summed E-state index contributed by atoms with van der Waals surface area (Å²) in [6.07, 6.45) is 7.80. The lowest BCUT2D eigenvalue weighted by Gasteiger charge is -2.32. The van der Waals surface area contributed by atoms with Gasteiger partial charge in [0, 0.05) is 18.6 Å². The van der Waals surface area contributed by atoms with Gasteiger partial charge < -0.3 is 4.90 Å². The van der Waals surface area contributed by atoms with E-state index in [1.54, 1.807) is 0 Å². The number of amides is 1. The van der Waals surface area contributed by atoms with E-state index < -0.39 is 0 Å². The van der Waals surface area contributed by atoms with Gasteiger partial charge in [-0.3, -0.25) is 9.69 Å².